The van der Waals surface area contributed by atoms with Gasteiger partial charge in [0.2, 0.25) is 0 Å². The molecular formula is C19H34N4. The van der Waals surface area contributed by atoms with Crippen LogP contribution >= 0.6 is 0 Å². The molecule has 2 saturated heterocycles. The molecule has 4 nitrogen and oxygen atoms in total. The second-order valence-corrected chi connectivity index (χ2v) is 8.02. The molecule has 1 atom stereocenters. The lowest BCUT2D eigenvalue weighted by Crippen LogP contribution is -2.38. The maximum atomic E-state index is 4.40. The Hall–Kier alpha value is -0.870. The van der Waals surface area contributed by atoms with E-state index in [1.165, 1.54) is 57.5 Å². The molecule has 0 amide bonds. The SMILES string of the molecule is CCn1cc(CN2CC[C@@H](C3CCN(CC(C)C)CC3)C2)cn1. The molecule has 23 heavy (non-hydrogen) atoms. The van der Waals surface area contributed by atoms with Gasteiger partial charge in [0.1, 0.15) is 0 Å². The van der Waals surface area contributed by atoms with Gasteiger partial charge in [0.25, 0.3) is 0 Å². The van der Waals surface area contributed by atoms with Gasteiger partial charge in [-0.3, -0.25) is 9.58 Å². The molecule has 0 spiro atoms. The highest BCUT2D eigenvalue weighted by atomic mass is 15.3. The topological polar surface area (TPSA) is 24.3 Å². The summed E-state index contributed by atoms with van der Waals surface area (Å²) in [4.78, 5) is 5.31. The fourth-order valence-electron chi connectivity index (χ4n) is 4.43. The van der Waals surface area contributed by atoms with Crippen molar-refractivity contribution in [3.63, 3.8) is 0 Å². The number of aryl methyl sites for hydroxylation is 1. The van der Waals surface area contributed by atoms with E-state index in [1.54, 1.807) is 0 Å². The summed E-state index contributed by atoms with van der Waals surface area (Å²) >= 11 is 0. The van der Waals surface area contributed by atoms with Gasteiger partial charge < -0.3 is 4.90 Å². The van der Waals surface area contributed by atoms with Gasteiger partial charge in [0.15, 0.2) is 0 Å². The average Bonchev–Trinajstić information content (AvgIpc) is 3.17. The quantitative estimate of drug-likeness (QED) is 0.805. The van der Waals surface area contributed by atoms with Gasteiger partial charge in [-0.25, -0.2) is 0 Å². The summed E-state index contributed by atoms with van der Waals surface area (Å²) in [5, 5.41) is 4.40. The van der Waals surface area contributed by atoms with Gasteiger partial charge in [0, 0.05) is 37.9 Å². The highest BCUT2D eigenvalue weighted by Crippen LogP contribution is 2.32. The van der Waals surface area contributed by atoms with E-state index in [9.17, 15) is 0 Å². The highest BCUT2D eigenvalue weighted by molar-refractivity contribution is 5.04. The number of hydrogen-bond donors (Lipinski definition) is 0. The molecule has 1 aromatic rings. The van der Waals surface area contributed by atoms with Gasteiger partial charge in [-0.15, -0.1) is 0 Å². The van der Waals surface area contributed by atoms with Crippen LogP contribution in [0.15, 0.2) is 12.4 Å². The fourth-order valence-corrected chi connectivity index (χ4v) is 4.43. The highest BCUT2D eigenvalue weighted by Gasteiger charge is 2.31. The van der Waals surface area contributed by atoms with Crippen molar-refractivity contribution in [3.05, 3.63) is 18.0 Å². The normalized spacial score (nSPS) is 24.8. The summed E-state index contributed by atoms with van der Waals surface area (Å²) in [6.45, 7) is 15.4. The van der Waals surface area contributed by atoms with E-state index in [0.717, 1.165) is 30.8 Å². The second kappa shape index (κ2) is 7.80. The molecular weight excluding hydrogens is 284 g/mol. The number of likely N-dealkylation sites (tertiary alicyclic amines) is 2. The fraction of sp³-hybridized carbons (Fsp3) is 0.842. The summed E-state index contributed by atoms with van der Waals surface area (Å²) in [6, 6.07) is 0. The molecule has 2 fully saturated rings. The summed E-state index contributed by atoms with van der Waals surface area (Å²) in [7, 11) is 0. The molecule has 2 aliphatic rings. The maximum Gasteiger partial charge on any atom is 0.0534 e. The monoisotopic (exact) mass is 318 g/mol. The lowest BCUT2D eigenvalue weighted by Gasteiger charge is -2.35. The number of hydrogen-bond acceptors (Lipinski definition) is 3. The first-order valence-corrected chi connectivity index (χ1v) is 9.60. The molecule has 0 bridgehead atoms. The van der Waals surface area contributed by atoms with Gasteiger partial charge in [-0.2, -0.15) is 5.10 Å². The molecule has 2 aliphatic heterocycles. The molecule has 0 saturated carbocycles. The summed E-state index contributed by atoms with van der Waals surface area (Å²) in [5.74, 6) is 2.69. The summed E-state index contributed by atoms with van der Waals surface area (Å²) in [5.41, 5.74) is 1.37. The molecule has 0 aliphatic carbocycles. The molecule has 0 unspecified atom stereocenters. The Morgan fingerprint density at radius 3 is 2.43 bits per heavy atom. The number of aromatic nitrogens is 2. The van der Waals surface area contributed by atoms with Crippen LogP contribution in [0.4, 0.5) is 0 Å². The standard InChI is InChI=1S/C19H34N4/c1-4-23-14-17(11-20-23)13-22-10-7-19(15-22)18-5-8-21(9-6-18)12-16(2)3/h11,14,16,18-19H,4-10,12-13,15H2,1-3H3/t19-/m1/s1. The molecule has 3 rings (SSSR count). The van der Waals surface area contributed by atoms with Crippen LogP contribution in [-0.4, -0.2) is 52.3 Å². The third kappa shape index (κ3) is 4.57. The van der Waals surface area contributed by atoms with Crippen LogP contribution in [0.2, 0.25) is 0 Å². The van der Waals surface area contributed by atoms with E-state index < -0.39 is 0 Å². The summed E-state index contributed by atoms with van der Waals surface area (Å²) < 4.78 is 2.04. The Balaban J connectivity index is 1.43. The molecule has 4 heteroatoms. The van der Waals surface area contributed by atoms with Crippen LogP contribution in [0.3, 0.4) is 0 Å². The Kier molecular flexibility index (Phi) is 5.76. The van der Waals surface area contributed by atoms with Crippen molar-refractivity contribution in [3.8, 4) is 0 Å². The first-order chi connectivity index (χ1) is 11.1. The van der Waals surface area contributed by atoms with E-state index in [4.69, 9.17) is 0 Å². The van der Waals surface area contributed by atoms with Crippen LogP contribution < -0.4 is 0 Å². The van der Waals surface area contributed by atoms with Crippen molar-refractivity contribution in [1.82, 2.24) is 19.6 Å². The van der Waals surface area contributed by atoms with Gasteiger partial charge in [-0.05, 0) is 63.6 Å². The predicted molar refractivity (Wildman–Crippen MR) is 95.3 cm³/mol. The lowest BCUT2D eigenvalue weighted by molar-refractivity contribution is 0.135. The largest absolute Gasteiger partial charge is 0.303 e. The molecule has 0 N–H and O–H groups in total. The Morgan fingerprint density at radius 1 is 1.09 bits per heavy atom. The smallest absolute Gasteiger partial charge is 0.0534 e. The van der Waals surface area contributed by atoms with Crippen LogP contribution in [0.25, 0.3) is 0 Å². The van der Waals surface area contributed by atoms with Crippen molar-refractivity contribution >= 4 is 0 Å². The Labute approximate surface area is 141 Å². The van der Waals surface area contributed by atoms with E-state index in [-0.39, 0.29) is 0 Å². The summed E-state index contributed by atoms with van der Waals surface area (Å²) in [6.07, 6.45) is 8.48. The van der Waals surface area contributed by atoms with Crippen molar-refractivity contribution in [1.29, 1.82) is 0 Å². The van der Waals surface area contributed by atoms with Crippen molar-refractivity contribution in [2.75, 3.05) is 32.7 Å². The second-order valence-electron chi connectivity index (χ2n) is 8.02. The average molecular weight is 319 g/mol. The molecule has 1 aromatic heterocycles. The van der Waals surface area contributed by atoms with E-state index in [0.29, 0.717) is 0 Å². The Morgan fingerprint density at radius 2 is 1.78 bits per heavy atom. The van der Waals surface area contributed by atoms with Crippen LogP contribution in [0, 0.1) is 17.8 Å². The minimum absolute atomic E-state index is 0.803. The minimum atomic E-state index is 0.803. The maximum absolute atomic E-state index is 4.40. The predicted octanol–water partition coefficient (Wildman–Crippen LogP) is 3.09. The molecule has 130 valence electrons. The minimum Gasteiger partial charge on any atom is -0.303 e. The molecule has 3 heterocycles. The molecule has 0 aromatic carbocycles. The van der Waals surface area contributed by atoms with Gasteiger partial charge >= 0.3 is 0 Å². The number of rotatable bonds is 6. The van der Waals surface area contributed by atoms with Crippen molar-refractivity contribution < 1.29 is 0 Å². The number of nitrogens with zero attached hydrogens (tertiary/aromatic N) is 4. The van der Waals surface area contributed by atoms with Crippen molar-refractivity contribution in [2.45, 2.75) is 53.1 Å². The van der Waals surface area contributed by atoms with E-state index in [2.05, 4.69) is 41.9 Å². The van der Waals surface area contributed by atoms with Gasteiger partial charge in [-0.1, -0.05) is 13.8 Å². The van der Waals surface area contributed by atoms with Crippen LogP contribution in [0.1, 0.15) is 45.6 Å². The van der Waals surface area contributed by atoms with E-state index in [1.807, 2.05) is 10.9 Å². The first kappa shape index (κ1) is 17.0. The zero-order valence-electron chi connectivity index (χ0n) is 15.2. The molecule has 0 radical (unpaired) electrons. The Bertz CT molecular complexity index is 473. The third-order valence-corrected chi connectivity index (χ3v) is 5.65. The zero-order valence-corrected chi connectivity index (χ0v) is 15.2. The van der Waals surface area contributed by atoms with Crippen LogP contribution in [0.5, 0.6) is 0 Å². The zero-order chi connectivity index (χ0) is 16.2. The van der Waals surface area contributed by atoms with Crippen LogP contribution in [-0.2, 0) is 13.1 Å². The van der Waals surface area contributed by atoms with Crippen molar-refractivity contribution in [2.24, 2.45) is 17.8 Å². The van der Waals surface area contributed by atoms with E-state index >= 15 is 0 Å². The third-order valence-electron chi connectivity index (χ3n) is 5.65. The van der Waals surface area contributed by atoms with Gasteiger partial charge in [0.05, 0.1) is 6.20 Å². The first-order valence-electron chi connectivity index (χ1n) is 9.60. The lowest BCUT2D eigenvalue weighted by atomic mass is 9.83. The number of piperidine rings is 1.